The first-order chi connectivity index (χ1) is 8.15. The third kappa shape index (κ3) is 4.28. The number of nitrogens with zero attached hydrogens (tertiary/aromatic N) is 1. The molecule has 0 aromatic rings. The molecule has 2 rings (SSSR count). The lowest BCUT2D eigenvalue weighted by molar-refractivity contribution is -0.121. The largest absolute Gasteiger partial charge is 0.353 e. The molecule has 2 saturated carbocycles. The summed E-state index contributed by atoms with van der Waals surface area (Å²) in [5, 5.41) is 3.03. The zero-order valence-electron chi connectivity index (χ0n) is 10.8. The van der Waals surface area contributed by atoms with Crippen LogP contribution in [0.1, 0.15) is 44.9 Å². The second-order valence-corrected chi connectivity index (χ2v) is 5.64. The summed E-state index contributed by atoms with van der Waals surface area (Å²) in [5.74, 6) is 0.215. The molecule has 1 amide bonds. The molecule has 0 heterocycles. The molecule has 2 fully saturated rings. The van der Waals surface area contributed by atoms with Gasteiger partial charge >= 0.3 is 0 Å². The highest BCUT2D eigenvalue weighted by molar-refractivity contribution is 5.76. The number of hydrogen-bond donors (Lipinski definition) is 2. The standard InChI is InChI=1S/C13H25N3O/c1-16(12-6-2-10(14)3-7-12)9-8-13(17)15-11-4-5-11/h10-12H,2-9,14H2,1H3,(H,15,17). The van der Waals surface area contributed by atoms with Gasteiger partial charge in [-0.25, -0.2) is 0 Å². The highest BCUT2D eigenvalue weighted by Crippen LogP contribution is 2.21. The van der Waals surface area contributed by atoms with Gasteiger partial charge in [0.2, 0.25) is 5.91 Å². The zero-order chi connectivity index (χ0) is 12.3. The van der Waals surface area contributed by atoms with E-state index in [-0.39, 0.29) is 5.91 Å². The van der Waals surface area contributed by atoms with Gasteiger partial charge in [0.15, 0.2) is 0 Å². The summed E-state index contributed by atoms with van der Waals surface area (Å²) in [6, 6.07) is 1.52. The molecule has 4 heteroatoms. The predicted octanol–water partition coefficient (Wildman–Crippen LogP) is 0.857. The first-order valence-electron chi connectivity index (χ1n) is 6.90. The molecule has 0 aliphatic heterocycles. The lowest BCUT2D eigenvalue weighted by atomic mass is 9.91. The van der Waals surface area contributed by atoms with Crippen LogP contribution in [0.15, 0.2) is 0 Å². The Bertz CT molecular complexity index is 257. The van der Waals surface area contributed by atoms with Crippen LogP contribution in [-0.2, 0) is 4.79 Å². The average Bonchev–Trinajstić information content (AvgIpc) is 3.11. The molecule has 0 saturated heterocycles. The number of rotatable bonds is 5. The van der Waals surface area contributed by atoms with Crippen molar-refractivity contribution < 1.29 is 4.79 Å². The Hall–Kier alpha value is -0.610. The van der Waals surface area contributed by atoms with Crippen LogP contribution >= 0.6 is 0 Å². The van der Waals surface area contributed by atoms with Gasteiger partial charge < -0.3 is 16.0 Å². The third-order valence-electron chi connectivity index (χ3n) is 4.00. The molecule has 0 aromatic carbocycles. The van der Waals surface area contributed by atoms with E-state index >= 15 is 0 Å². The molecule has 17 heavy (non-hydrogen) atoms. The minimum atomic E-state index is 0.215. The van der Waals surface area contributed by atoms with Crippen LogP contribution < -0.4 is 11.1 Å². The summed E-state index contributed by atoms with van der Waals surface area (Å²) < 4.78 is 0. The molecule has 0 aromatic heterocycles. The number of hydrogen-bond acceptors (Lipinski definition) is 3. The lowest BCUT2D eigenvalue weighted by Crippen LogP contribution is -2.40. The molecule has 0 spiro atoms. The maximum absolute atomic E-state index is 11.6. The summed E-state index contributed by atoms with van der Waals surface area (Å²) in [6.07, 6.45) is 7.59. The van der Waals surface area contributed by atoms with Crippen molar-refractivity contribution >= 4 is 5.91 Å². The van der Waals surface area contributed by atoms with Crippen molar-refractivity contribution in [1.29, 1.82) is 0 Å². The van der Waals surface area contributed by atoms with E-state index in [1.165, 1.54) is 25.7 Å². The first kappa shape index (κ1) is 12.8. The topological polar surface area (TPSA) is 58.4 Å². The molecular weight excluding hydrogens is 214 g/mol. The van der Waals surface area contributed by atoms with Crippen LogP contribution in [-0.4, -0.2) is 42.5 Å². The monoisotopic (exact) mass is 239 g/mol. The Morgan fingerprint density at radius 2 is 1.88 bits per heavy atom. The maximum Gasteiger partial charge on any atom is 0.221 e. The second kappa shape index (κ2) is 5.83. The Labute approximate surface area is 104 Å². The smallest absolute Gasteiger partial charge is 0.221 e. The molecule has 0 unspecified atom stereocenters. The fourth-order valence-corrected chi connectivity index (χ4v) is 2.53. The van der Waals surface area contributed by atoms with Gasteiger partial charge in [0.25, 0.3) is 0 Å². The summed E-state index contributed by atoms with van der Waals surface area (Å²) in [5.41, 5.74) is 5.90. The minimum Gasteiger partial charge on any atom is -0.353 e. The summed E-state index contributed by atoms with van der Waals surface area (Å²) in [6.45, 7) is 0.873. The number of amides is 1. The molecule has 0 bridgehead atoms. The molecule has 4 nitrogen and oxygen atoms in total. The van der Waals surface area contributed by atoms with Crippen LogP contribution in [0.3, 0.4) is 0 Å². The van der Waals surface area contributed by atoms with Gasteiger partial charge in [0.1, 0.15) is 0 Å². The molecule has 2 aliphatic rings. The minimum absolute atomic E-state index is 0.215. The fraction of sp³-hybridized carbons (Fsp3) is 0.923. The summed E-state index contributed by atoms with van der Waals surface area (Å²) >= 11 is 0. The Kier molecular flexibility index (Phi) is 4.40. The normalized spacial score (nSPS) is 29.4. The first-order valence-corrected chi connectivity index (χ1v) is 6.90. The van der Waals surface area contributed by atoms with E-state index in [1.54, 1.807) is 0 Å². The summed E-state index contributed by atoms with van der Waals surface area (Å²) in [7, 11) is 2.13. The van der Waals surface area contributed by atoms with Gasteiger partial charge in [0, 0.05) is 31.1 Å². The Morgan fingerprint density at radius 1 is 1.24 bits per heavy atom. The van der Waals surface area contributed by atoms with Crippen LogP contribution in [0.4, 0.5) is 0 Å². The maximum atomic E-state index is 11.6. The molecule has 3 N–H and O–H groups in total. The van der Waals surface area contributed by atoms with E-state index in [9.17, 15) is 4.79 Å². The van der Waals surface area contributed by atoms with E-state index in [2.05, 4.69) is 17.3 Å². The highest BCUT2D eigenvalue weighted by Gasteiger charge is 2.24. The SMILES string of the molecule is CN(CCC(=O)NC1CC1)C1CCC(N)CC1. The van der Waals surface area contributed by atoms with Crippen molar-refractivity contribution in [2.24, 2.45) is 5.73 Å². The van der Waals surface area contributed by atoms with Gasteiger partial charge in [0.05, 0.1) is 0 Å². The number of nitrogens with one attached hydrogen (secondary N) is 1. The fourth-order valence-electron chi connectivity index (χ4n) is 2.53. The van der Waals surface area contributed by atoms with Crippen molar-refractivity contribution in [3.8, 4) is 0 Å². The number of nitrogens with two attached hydrogens (primary N) is 1. The predicted molar refractivity (Wildman–Crippen MR) is 68.6 cm³/mol. The lowest BCUT2D eigenvalue weighted by Gasteiger charge is -2.33. The molecular formula is C13H25N3O. The molecule has 0 atom stereocenters. The van der Waals surface area contributed by atoms with E-state index in [0.29, 0.717) is 24.5 Å². The number of carbonyl (C=O) groups excluding carboxylic acids is 1. The van der Waals surface area contributed by atoms with Gasteiger partial charge in [-0.05, 0) is 45.6 Å². The summed E-state index contributed by atoms with van der Waals surface area (Å²) in [4.78, 5) is 13.9. The van der Waals surface area contributed by atoms with Crippen LogP contribution in [0, 0.1) is 0 Å². The van der Waals surface area contributed by atoms with Gasteiger partial charge in [-0.15, -0.1) is 0 Å². The molecule has 0 radical (unpaired) electrons. The van der Waals surface area contributed by atoms with E-state index in [4.69, 9.17) is 5.73 Å². The van der Waals surface area contributed by atoms with Crippen molar-refractivity contribution in [2.45, 2.75) is 63.1 Å². The van der Waals surface area contributed by atoms with E-state index in [1.807, 2.05) is 0 Å². The van der Waals surface area contributed by atoms with Crippen LogP contribution in [0.25, 0.3) is 0 Å². The third-order valence-corrected chi connectivity index (χ3v) is 4.00. The molecule has 98 valence electrons. The average molecular weight is 239 g/mol. The van der Waals surface area contributed by atoms with Crippen molar-refractivity contribution in [3.05, 3.63) is 0 Å². The Morgan fingerprint density at radius 3 is 2.47 bits per heavy atom. The quantitative estimate of drug-likeness (QED) is 0.748. The Balaban J connectivity index is 1.62. The number of carbonyl (C=O) groups is 1. The van der Waals surface area contributed by atoms with Gasteiger partial charge in [-0.2, -0.15) is 0 Å². The van der Waals surface area contributed by atoms with Crippen molar-refractivity contribution in [2.75, 3.05) is 13.6 Å². The zero-order valence-corrected chi connectivity index (χ0v) is 10.8. The van der Waals surface area contributed by atoms with E-state index in [0.717, 1.165) is 19.4 Å². The van der Waals surface area contributed by atoms with Crippen LogP contribution in [0.2, 0.25) is 0 Å². The molecule has 2 aliphatic carbocycles. The van der Waals surface area contributed by atoms with E-state index < -0.39 is 0 Å². The van der Waals surface area contributed by atoms with Crippen molar-refractivity contribution in [1.82, 2.24) is 10.2 Å². The second-order valence-electron chi connectivity index (χ2n) is 5.64. The van der Waals surface area contributed by atoms with Gasteiger partial charge in [-0.1, -0.05) is 0 Å². The van der Waals surface area contributed by atoms with Crippen LogP contribution in [0.5, 0.6) is 0 Å². The van der Waals surface area contributed by atoms with Gasteiger partial charge in [-0.3, -0.25) is 4.79 Å². The van der Waals surface area contributed by atoms with Crippen molar-refractivity contribution in [3.63, 3.8) is 0 Å². The highest BCUT2D eigenvalue weighted by atomic mass is 16.1.